The second kappa shape index (κ2) is 7.87. The first kappa shape index (κ1) is 15.6. The van der Waals surface area contributed by atoms with E-state index in [9.17, 15) is 14.4 Å². The molecule has 1 aromatic rings. The Bertz CT molecular complexity index is 485. The predicted octanol–water partition coefficient (Wildman–Crippen LogP) is 0.00122. The third-order valence-corrected chi connectivity index (χ3v) is 2.25. The van der Waals surface area contributed by atoms with Gasteiger partial charge in [0, 0.05) is 32.7 Å². The van der Waals surface area contributed by atoms with Gasteiger partial charge in [0.1, 0.15) is 0 Å². The van der Waals surface area contributed by atoms with Crippen molar-refractivity contribution in [3.8, 4) is 0 Å². The molecule has 0 saturated carbocycles. The summed E-state index contributed by atoms with van der Waals surface area (Å²) in [6.45, 7) is 1.92. The summed E-state index contributed by atoms with van der Waals surface area (Å²) in [5.41, 5.74) is 0. The van der Waals surface area contributed by atoms with Gasteiger partial charge in [-0.2, -0.15) is 4.98 Å². The first-order chi connectivity index (χ1) is 9.47. The summed E-state index contributed by atoms with van der Waals surface area (Å²) >= 11 is 0. The highest BCUT2D eigenvalue weighted by atomic mass is 16.5. The van der Waals surface area contributed by atoms with Gasteiger partial charge < -0.3 is 14.9 Å². The fourth-order valence-corrected chi connectivity index (χ4v) is 1.36. The van der Waals surface area contributed by atoms with Gasteiger partial charge in [-0.3, -0.25) is 14.9 Å². The Morgan fingerprint density at radius 1 is 1.30 bits per heavy atom. The van der Waals surface area contributed by atoms with Crippen LogP contribution in [0.25, 0.3) is 0 Å². The number of amides is 3. The van der Waals surface area contributed by atoms with E-state index >= 15 is 0 Å². The summed E-state index contributed by atoms with van der Waals surface area (Å²) in [5.74, 6) is -0.578. The van der Waals surface area contributed by atoms with Crippen LogP contribution in [0, 0.1) is 6.92 Å². The molecule has 20 heavy (non-hydrogen) atoms. The second-order valence-electron chi connectivity index (χ2n) is 4.03. The van der Waals surface area contributed by atoms with Crippen LogP contribution < -0.4 is 10.6 Å². The van der Waals surface area contributed by atoms with Gasteiger partial charge in [0.2, 0.25) is 11.8 Å². The molecule has 0 bridgehead atoms. The highest BCUT2D eigenvalue weighted by Gasteiger charge is 2.09. The van der Waals surface area contributed by atoms with Crippen LogP contribution >= 0.6 is 0 Å². The summed E-state index contributed by atoms with van der Waals surface area (Å²) in [6.07, 6.45) is 0.463. The Hall–Kier alpha value is -2.45. The summed E-state index contributed by atoms with van der Waals surface area (Å²) in [7, 11) is 0. The molecule has 110 valence electrons. The SMILES string of the molecule is Cc1nc(CCNC(=O)NC(=O)CCCC(=O)O)no1. The minimum absolute atomic E-state index is 0.0102. The zero-order valence-electron chi connectivity index (χ0n) is 11.0. The van der Waals surface area contributed by atoms with E-state index in [1.165, 1.54) is 0 Å². The summed E-state index contributed by atoms with van der Waals surface area (Å²) < 4.78 is 4.76. The van der Waals surface area contributed by atoms with Crippen LogP contribution in [-0.4, -0.2) is 39.7 Å². The first-order valence-corrected chi connectivity index (χ1v) is 6.06. The number of carboxylic acid groups (broad SMARTS) is 1. The molecule has 0 aromatic carbocycles. The van der Waals surface area contributed by atoms with Crippen LogP contribution in [0.3, 0.4) is 0 Å². The average molecular weight is 284 g/mol. The quantitative estimate of drug-likeness (QED) is 0.641. The molecular formula is C11H16N4O5. The number of imide groups is 1. The first-order valence-electron chi connectivity index (χ1n) is 6.06. The molecule has 0 fully saturated rings. The molecule has 1 rings (SSSR count). The van der Waals surface area contributed by atoms with E-state index in [0.717, 1.165) is 0 Å². The number of aryl methyl sites for hydroxylation is 1. The third-order valence-electron chi connectivity index (χ3n) is 2.25. The number of rotatable bonds is 7. The molecule has 0 radical (unpaired) electrons. The minimum Gasteiger partial charge on any atom is -0.481 e. The zero-order valence-corrected chi connectivity index (χ0v) is 11.0. The molecule has 0 aliphatic carbocycles. The van der Waals surface area contributed by atoms with Crippen molar-refractivity contribution in [1.29, 1.82) is 0 Å². The lowest BCUT2D eigenvalue weighted by atomic mass is 10.2. The van der Waals surface area contributed by atoms with Crippen LogP contribution in [0.1, 0.15) is 31.0 Å². The number of aromatic nitrogens is 2. The highest BCUT2D eigenvalue weighted by molar-refractivity contribution is 5.94. The van der Waals surface area contributed by atoms with Gasteiger partial charge in [-0.25, -0.2) is 4.79 Å². The topological polar surface area (TPSA) is 134 Å². The predicted molar refractivity (Wildman–Crippen MR) is 65.8 cm³/mol. The van der Waals surface area contributed by atoms with Crippen LogP contribution in [0.2, 0.25) is 0 Å². The van der Waals surface area contributed by atoms with Gasteiger partial charge in [-0.1, -0.05) is 5.16 Å². The number of nitrogens with zero attached hydrogens (tertiary/aromatic N) is 2. The van der Waals surface area contributed by atoms with Gasteiger partial charge >= 0.3 is 12.0 Å². The van der Waals surface area contributed by atoms with E-state index in [4.69, 9.17) is 9.63 Å². The van der Waals surface area contributed by atoms with Crippen molar-refractivity contribution in [2.45, 2.75) is 32.6 Å². The van der Waals surface area contributed by atoms with Crippen molar-refractivity contribution < 1.29 is 24.0 Å². The molecular weight excluding hydrogens is 268 g/mol. The Balaban J connectivity index is 2.13. The zero-order chi connectivity index (χ0) is 15.0. The molecule has 9 nitrogen and oxygen atoms in total. The average Bonchev–Trinajstić information content (AvgIpc) is 2.74. The summed E-state index contributed by atoms with van der Waals surface area (Å²) in [6, 6.07) is -0.634. The van der Waals surface area contributed by atoms with Gasteiger partial charge in [0.05, 0.1) is 0 Å². The lowest BCUT2D eigenvalue weighted by Gasteiger charge is -2.05. The van der Waals surface area contributed by atoms with Gasteiger partial charge in [-0.15, -0.1) is 0 Å². The van der Waals surface area contributed by atoms with E-state index in [0.29, 0.717) is 18.1 Å². The van der Waals surface area contributed by atoms with Crippen molar-refractivity contribution in [3.63, 3.8) is 0 Å². The maximum atomic E-state index is 11.3. The van der Waals surface area contributed by atoms with E-state index < -0.39 is 17.9 Å². The van der Waals surface area contributed by atoms with Crippen molar-refractivity contribution in [1.82, 2.24) is 20.8 Å². The van der Waals surface area contributed by atoms with Crippen molar-refractivity contribution in [2.24, 2.45) is 0 Å². The number of urea groups is 1. The van der Waals surface area contributed by atoms with Crippen molar-refractivity contribution in [3.05, 3.63) is 11.7 Å². The monoisotopic (exact) mass is 284 g/mol. The lowest BCUT2D eigenvalue weighted by Crippen LogP contribution is -2.40. The number of nitrogens with one attached hydrogen (secondary N) is 2. The fraction of sp³-hybridized carbons (Fsp3) is 0.545. The Kier molecular flexibility index (Phi) is 6.14. The molecule has 1 heterocycles. The molecule has 1 aromatic heterocycles. The van der Waals surface area contributed by atoms with E-state index in [1.807, 2.05) is 0 Å². The molecule has 3 N–H and O–H groups in total. The van der Waals surface area contributed by atoms with Gasteiger partial charge in [0.25, 0.3) is 0 Å². The minimum atomic E-state index is -0.974. The molecule has 0 saturated heterocycles. The lowest BCUT2D eigenvalue weighted by molar-refractivity contribution is -0.137. The molecule has 0 aliphatic heterocycles. The number of carbonyl (C=O) groups is 3. The van der Waals surface area contributed by atoms with Crippen LogP contribution in [0.5, 0.6) is 0 Å². The Morgan fingerprint density at radius 2 is 2.05 bits per heavy atom. The molecule has 0 aliphatic rings. The largest absolute Gasteiger partial charge is 0.481 e. The Morgan fingerprint density at radius 3 is 2.65 bits per heavy atom. The maximum absolute atomic E-state index is 11.3. The highest BCUT2D eigenvalue weighted by Crippen LogP contribution is 1.96. The van der Waals surface area contributed by atoms with Crippen LogP contribution in [0.15, 0.2) is 4.52 Å². The smallest absolute Gasteiger partial charge is 0.321 e. The summed E-state index contributed by atoms with van der Waals surface area (Å²) in [4.78, 5) is 36.8. The molecule has 0 unspecified atom stereocenters. The maximum Gasteiger partial charge on any atom is 0.321 e. The number of aliphatic carboxylic acids is 1. The van der Waals surface area contributed by atoms with Crippen LogP contribution in [-0.2, 0) is 16.0 Å². The number of carboxylic acids is 1. The standard InChI is InChI=1S/C11H16N4O5/c1-7-13-8(15-20-7)5-6-12-11(19)14-9(16)3-2-4-10(17)18/h2-6H2,1H3,(H,17,18)(H2,12,14,16,19). The van der Waals surface area contributed by atoms with E-state index in [1.54, 1.807) is 6.92 Å². The summed E-state index contributed by atoms with van der Waals surface area (Å²) in [5, 5.41) is 16.6. The molecule has 0 atom stereocenters. The van der Waals surface area contributed by atoms with Crippen molar-refractivity contribution >= 4 is 17.9 Å². The third kappa shape index (κ3) is 6.47. The Labute approximate surface area is 114 Å². The number of hydrogen-bond donors (Lipinski definition) is 3. The number of hydrogen-bond acceptors (Lipinski definition) is 6. The fourth-order valence-electron chi connectivity index (χ4n) is 1.36. The van der Waals surface area contributed by atoms with Crippen molar-refractivity contribution in [2.75, 3.05) is 6.54 Å². The van der Waals surface area contributed by atoms with E-state index in [-0.39, 0.29) is 25.8 Å². The molecule has 0 spiro atoms. The van der Waals surface area contributed by atoms with Gasteiger partial charge in [0.15, 0.2) is 5.82 Å². The van der Waals surface area contributed by atoms with Crippen LogP contribution in [0.4, 0.5) is 4.79 Å². The van der Waals surface area contributed by atoms with Gasteiger partial charge in [-0.05, 0) is 6.42 Å². The normalized spacial score (nSPS) is 10.1. The number of carbonyl (C=O) groups excluding carboxylic acids is 2. The van der Waals surface area contributed by atoms with E-state index in [2.05, 4.69) is 20.8 Å². The second-order valence-corrected chi connectivity index (χ2v) is 4.03. The molecule has 3 amide bonds. The molecule has 9 heteroatoms.